The summed E-state index contributed by atoms with van der Waals surface area (Å²) in [7, 11) is 1.24. The molecule has 1 amide bonds. The lowest BCUT2D eigenvalue weighted by Gasteiger charge is -2.29. The Morgan fingerprint density at radius 2 is 0.910 bits per heavy atom. The van der Waals surface area contributed by atoms with E-state index in [0.717, 1.165) is 89.9 Å². The van der Waals surface area contributed by atoms with Crippen molar-refractivity contribution >= 4 is 13.7 Å². The fourth-order valence-electron chi connectivity index (χ4n) is 7.04. The van der Waals surface area contributed by atoms with Gasteiger partial charge in [-0.25, -0.2) is 0 Å². The number of amides is 1. The number of quaternary nitrogens is 1. The number of likely N-dealkylation sites (N-methyl/N-ethyl adjacent to an activating group) is 1. The van der Waals surface area contributed by atoms with Gasteiger partial charge in [0.1, 0.15) is 13.2 Å². The highest BCUT2D eigenvalue weighted by molar-refractivity contribution is 7.45. The van der Waals surface area contributed by atoms with E-state index in [-0.39, 0.29) is 19.1 Å². The molecule has 0 aliphatic rings. The number of nitrogens with zero attached hydrogens (tertiary/aromatic N) is 1. The van der Waals surface area contributed by atoms with Crippen LogP contribution in [0.1, 0.15) is 200 Å². The number of nitrogens with one attached hydrogen (secondary N) is 1. The first kappa shape index (κ1) is 64.2. The lowest BCUT2D eigenvalue weighted by Crippen LogP contribution is -2.45. The molecular formula is C58H101N2O6P. The van der Waals surface area contributed by atoms with E-state index < -0.39 is 20.0 Å². The van der Waals surface area contributed by atoms with E-state index in [4.69, 9.17) is 9.05 Å². The summed E-state index contributed by atoms with van der Waals surface area (Å²) in [4.78, 5) is 25.1. The average Bonchev–Trinajstić information content (AvgIpc) is 3.29. The summed E-state index contributed by atoms with van der Waals surface area (Å²) in [5, 5.41) is 13.5. The molecule has 0 aromatic heterocycles. The Morgan fingerprint density at radius 3 is 1.31 bits per heavy atom. The van der Waals surface area contributed by atoms with Crippen LogP contribution in [0.4, 0.5) is 0 Å². The van der Waals surface area contributed by atoms with Crippen LogP contribution in [0.5, 0.6) is 0 Å². The number of unbranched alkanes of at least 4 members (excludes halogenated alkanes) is 18. The number of hydrogen-bond acceptors (Lipinski definition) is 6. The zero-order chi connectivity index (χ0) is 49.2. The van der Waals surface area contributed by atoms with E-state index in [1.54, 1.807) is 6.08 Å². The number of phosphoric acid groups is 1. The molecule has 0 saturated carbocycles. The smallest absolute Gasteiger partial charge is 0.268 e. The maximum Gasteiger partial charge on any atom is 0.268 e. The number of carbonyl (C=O) groups is 1. The summed E-state index contributed by atoms with van der Waals surface area (Å²) in [6.45, 7) is 4.36. The first-order valence-electron chi connectivity index (χ1n) is 26.7. The number of aliphatic hydroxyl groups is 1. The van der Waals surface area contributed by atoms with Gasteiger partial charge in [-0.15, -0.1) is 0 Å². The fraction of sp³-hybridized carbons (Fsp3) is 0.672. The normalized spacial score (nSPS) is 14.9. The van der Waals surface area contributed by atoms with Crippen molar-refractivity contribution in [3.8, 4) is 0 Å². The number of phosphoric ester groups is 1. The van der Waals surface area contributed by atoms with Crippen molar-refractivity contribution in [1.82, 2.24) is 5.32 Å². The van der Waals surface area contributed by atoms with Crippen LogP contribution in [0.25, 0.3) is 0 Å². The molecule has 0 spiro atoms. The first-order valence-corrected chi connectivity index (χ1v) is 28.2. The third kappa shape index (κ3) is 50.9. The molecule has 0 saturated heterocycles. The molecule has 3 atom stereocenters. The van der Waals surface area contributed by atoms with E-state index in [1.807, 2.05) is 27.2 Å². The summed E-state index contributed by atoms with van der Waals surface area (Å²) in [6, 6.07) is -0.886. The van der Waals surface area contributed by atoms with Gasteiger partial charge < -0.3 is 28.8 Å². The van der Waals surface area contributed by atoms with Crippen LogP contribution in [-0.4, -0.2) is 68.5 Å². The van der Waals surface area contributed by atoms with Gasteiger partial charge in [0.2, 0.25) is 5.91 Å². The second kappa shape index (κ2) is 48.2. The van der Waals surface area contributed by atoms with Gasteiger partial charge in [0.05, 0.1) is 39.9 Å². The van der Waals surface area contributed by atoms with E-state index in [1.165, 1.54) is 89.9 Å². The topological polar surface area (TPSA) is 108 Å². The number of hydrogen-bond donors (Lipinski definition) is 2. The molecule has 9 heteroatoms. The zero-order valence-electron chi connectivity index (χ0n) is 43.6. The Balaban J connectivity index is 3.78. The summed E-state index contributed by atoms with van der Waals surface area (Å²) in [6.07, 6.45) is 71.1. The van der Waals surface area contributed by atoms with Crippen molar-refractivity contribution in [2.24, 2.45) is 0 Å². The highest BCUT2D eigenvalue weighted by atomic mass is 31.2. The summed E-state index contributed by atoms with van der Waals surface area (Å²) >= 11 is 0. The van der Waals surface area contributed by atoms with E-state index in [9.17, 15) is 19.4 Å². The Labute approximate surface area is 412 Å². The number of allylic oxidation sites excluding steroid dienone is 17. The molecule has 0 fully saturated rings. The zero-order valence-corrected chi connectivity index (χ0v) is 44.5. The molecule has 0 radical (unpaired) electrons. The van der Waals surface area contributed by atoms with Crippen molar-refractivity contribution < 1.29 is 32.9 Å². The van der Waals surface area contributed by atoms with Crippen LogP contribution in [0, 0.1) is 0 Å². The quantitative estimate of drug-likeness (QED) is 0.0272. The summed E-state index contributed by atoms with van der Waals surface area (Å²) in [5.74, 6) is -0.211. The van der Waals surface area contributed by atoms with Crippen molar-refractivity contribution in [3.05, 3.63) is 109 Å². The molecule has 8 nitrogen and oxygen atoms in total. The number of carbonyl (C=O) groups excluding carboxylic acids is 1. The molecule has 0 heterocycles. The Morgan fingerprint density at radius 1 is 0.537 bits per heavy atom. The molecule has 0 aliphatic heterocycles. The third-order valence-electron chi connectivity index (χ3n) is 11.2. The summed E-state index contributed by atoms with van der Waals surface area (Å²) < 4.78 is 23.0. The lowest BCUT2D eigenvalue weighted by molar-refractivity contribution is -0.870. The molecule has 67 heavy (non-hydrogen) atoms. The van der Waals surface area contributed by atoms with Crippen LogP contribution in [0.2, 0.25) is 0 Å². The Kier molecular flexibility index (Phi) is 46.2. The SMILES string of the molecule is CC/C=C\C/C=C\C/C=C\C/C=C\C/C=C\C/C=C\C/C=C\C/C=C\CCCCCCCCCCCCCCCCCCC(=O)NC(COP(=O)([O-])OCC[N+](C)(C)C)C(O)/C=C/CCCC. The minimum absolute atomic E-state index is 0.00557. The van der Waals surface area contributed by atoms with Gasteiger partial charge in [-0.2, -0.15) is 0 Å². The van der Waals surface area contributed by atoms with Gasteiger partial charge in [-0.3, -0.25) is 9.36 Å². The molecule has 0 aromatic carbocycles. The van der Waals surface area contributed by atoms with Gasteiger partial charge in [-0.05, 0) is 77.0 Å². The lowest BCUT2D eigenvalue weighted by atomic mass is 10.0. The van der Waals surface area contributed by atoms with Crippen molar-refractivity contribution in [1.29, 1.82) is 0 Å². The van der Waals surface area contributed by atoms with E-state index in [0.29, 0.717) is 17.4 Å². The predicted octanol–water partition coefficient (Wildman–Crippen LogP) is 15.4. The van der Waals surface area contributed by atoms with Crippen LogP contribution in [-0.2, 0) is 18.4 Å². The van der Waals surface area contributed by atoms with Crippen molar-refractivity contribution in [2.75, 3.05) is 40.9 Å². The first-order chi connectivity index (χ1) is 32.5. The van der Waals surface area contributed by atoms with Gasteiger partial charge in [0.15, 0.2) is 0 Å². The molecule has 3 unspecified atom stereocenters. The molecule has 384 valence electrons. The molecular weight excluding hydrogens is 852 g/mol. The van der Waals surface area contributed by atoms with Crippen LogP contribution >= 0.6 is 7.82 Å². The molecule has 0 aliphatic carbocycles. The highest BCUT2D eigenvalue weighted by Crippen LogP contribution is 2.38. The van der Waals surface area contributed by atoms with Gasteiger partial charge in [0, 0.05) is 6.42 Å². The van der Waals surface area contributed by atoms with Crippen molar-refractivity contribution in [3.63, 3.8) is 0 Å². The largest absolute Gasteiger partial charge is 0.756 e. The Bertz CT molecular complexity index is 1450. The average molecular weight is 953 g/mol. The molecule has 0 aromatic rings. The number of rotatable bonds is 47. The van der Waals surface area contributed by atoms with Gasteiger partial charge in [-0.1, -0.05) is 226 Å². The maximum absolute atomic E-state index is 12.7. The van der Waals surface area contributed by atoms with Crippen LogP contribution in [0.3, 0.4) is 0 Å². The summed E-state index contributed by atoms with van der Waals surface area (Å²) in [5.41, 5.74) is 0. The monoisotopic (exact) mass is 953 g/mol. The molecule has 0 rings (SSSR count). The van der Waals surface area contributed by atoms with Crippen LogP contribution in [0.15, 0.2) is 109 Å². The van der Waals surface area contributed by atoms with Gasteiger partial charge >= 0.3 is 0 Å². The van der Waals surface area contributed by atoms with Crippen molar-refractivity contribution in [2.45, 2.75) is 212 Å². The predicted molar refractivity (Wildman–Crippen MR) is 288 cm³/mol. The fourth-order valence-corrected chi connectivity index (χ4v) is 7.76. The highest BCUT2D eigenvalue weighted by Gasteiger charge is 2.23. The van der Waals surface area contributed by atoms with Crippen LogP contribution < -0.4 is 10.2 Å². The minimum Gasteiger partial charge on any atom is -0.756 e. The van der Waals surface area contributed by atoms with E-state index in [2.05, 4.69) is 116 Å². The van der Waals surface area contributed by atoms with Gasteiger partial charge in [0.25, 0.3) is 7.82 Å². The van der Waals surface area contributed by atoms with E-state index >= 15 is 0 Å². The third-order valence-corrected chi connectivity index (χ3v) is 12.2. The second-order valence-electron chi connectivity index (χ2n) is 18.9. The molecule has 0 bridgehead atoms. The number of aliphatic hydroxyl groups excluding tert-OH is 1. The Hall–Kier alpha value is -2.84. The maximum atomic E-state index is 12.7. The minimum atomic E-state index is -4.57. The second-order valence-corrected chi connectivity index (χ2v) is 20.3. The molecule has 2 N–H and O–H groups in total. The standard InChI is InChI=1S/C58H101N2O6P/c1-6-8-10-12-13-14-15-16-17-18-19-20-21-22-23-24-25-26-27-28-29-30-31-32-33-34-35-36-37-38-39-40-41-42-43-44-45-46-47-48-50-52-58(62)59-56(57(61)51-49-11-9-7-2)55-66-67(63,64)65-54-53-60(3,4)5/h8,10,13-14,16-17,19-20,22-23,25-26,28-29,31-32,49,51,56-57,61H,6-7,9,11-12,15,18,21,24,27,30,33-48,50,52-55H2,1-5H3,(H-,59,62,63,64)/b10-8-,14-13-,17-16-,20-19-,23-22-,26-25-,29-28-,32-31-,51-49+.